The maximum absolute atomic E-state index is 12.5. The predicted octanol–water partition coefficient (Wildman–Crippen LogP) is 4.61. The summed E-state index contributed by atoms with van der Waals surface area (Å²) in [6.07, 6.45) is -0.338. The smallest absolute Gasteiger partial charge is 0.407 e. The van der Waals surface area contributed by atoms with Crippen molar-refractivity contribution in [1.82, 2.24) is 5.32 Å². The van der Waals surface area contributed by atoms with Gasteiger partial charge in [0.1, 0.15) is 6.61 Å². The molecule has 3 aromatic rings. The van der Waals surface area contributed by atoms with Gasteiger partial charge in [0.25, 0.3) is 0 Å². The highest BCUT2D eigenvalue weighted by atomic mass is 16.5. The number of nitrogens with one attached hydrogen (secondary N) is 1. The molecule has 0 fully saturated rings. The van der Waals surface area contributed by atoms with Gasteiger partial charge < -0.3 is 15.2 Å². The fraction of sp³-hybridized carbons (Fsp3) is 0.200. The molecule has 5 nitrogen and oxygen atoms in total. The van der Waals surface area contributed by atoms with E-state index in [1.807, 2.05) is 54.6 Å². The number of hydrogen-bond donors (Lipinski definition) is 2. The molecule has 1 aliphatic rings. The first-order valence-electron chi connectivity index (χ1n) is 9.99. The van der Waals surface area contributed by atoms with Crippen molar-refractivity contribution in [3.05, 3.63) is 95.6 Å². The number of amides is 1. The van der Waals surface area contributed by atoms with E-state index in [0.717, 1.165) is 27.8 Å². The van der Waals surface area contributed by atoms with Crippen LogP contribution < -0.4 is 5.32 Å². The average molecular weight is 401 g/mol. The van der Waals surface area contributed by atoms with Gasteiger partial charge >= 0.3 is 12.1 Å². The Morgan fingerprint density at radius 2 is 1.43 bits per heavy atom. The molecule has 0 heterocycles. The highest BCUT2D eigenvalue weighted by Gasteiger charge is 2.29. The number of rotatable bonds is 7. The van der Waals surface area contributed by atoms with Crippen LogP contribution in [0.15, 0.2) is 78.9 Å². The Morgan fingerprint density at radius 3 is 2.03 bits per heavy atom. The number of carboxylic acids is 1. The van der Waals surface area contributed by atoms with Crippen LogP contribution in [-0.2, 0) is 16.0 Å². The van der Waals surface area contributed by atoms with Gasteiger partial charge in [0, 0.05) is 12.0 Å². The standard InChI is InChI=1S/C25H23NO4/c27-24(28)15-18(14-17-8-2-1-3-9-17)26-25(29)30-16-23-21-12-6-4-10-19(21)20-11-5-7-13-22(20)23/h1-13,18,23H,14-16H2,(H,26,29)(H,27,28)/t18-/m0/s1. The van der Waals surface area contributed by atoms with Crippen LogP contribution in [0.25, 0.3) is 11.1 Å². The Hall–Kier alpha value is -3.60. The Bertz CT molecular complexity index is 1000. The second kappa shape index (κ2) is 8.82. The van der Waals surface area contributed by atoms with Gasteiger partial charge in [0.2, 0.25) is 0 Å². The molecule has 1 atom stereocenters. The molecule has 0 radical (unpaired) electrons. The molecule has 5 heteroatoms. The fourth-order valence-electron chi connectivity index (χ4n) is 4.09. The van der Waals surface area contributed by atoms with Crippen molar-refractivity contribution in [2.24, 2.45) is 0 Å². The summed E-state index contributed by atoms with van der Waals surface area (Å²) in [6, 6.07) is 25.2. The fourth-order valence-corrected chi connectivity index (χ4v) is 4.09. The van der Waals surface area contributed by atoms with Crippen LogP contribution in [0.1, 0.15) is 29.0 Å². The summed E-state index contributed by atoms with van der Waals surface area (Å²) in [5.74, 6) is -0.995. The molecular weight excluding hydrogens is 378 g/mol. The van der Waals surface area contributed by atoms with Gasteiger partial charge in [0.15, 0.2) is 0 Å². The molecule has 1 amide bonds. The lowest BCUT2D eigenvalue weighted by atomic mass is 9.98. The van der Waals surface area contributed by atoms with E-state index in [0.29, 0.717) is 6.42 Å². The van der Waals surface area contributed by atoms with E-state index in [9.17, 15) is 14.7 Å². The van der Waals surface area contributed by atoms with Gasteiger partial charge in [-0.05, 0) is 34.2 Å². The molecule has 152 valence electrons. The SMILES string of the molecule is O=C(O)C[C@H](Cc1ccccc1)NC(=O)OCC1c2ccccc2-c2ccccc21. The first-order valence-corrected chi connectivity index (χ1v) is 9.99. The number of aliphatic carboxylic acids is 1. The molecule has 0 saturated heterocycles. The minimum Gasteiger partial charge on any atom is -0.481 e. The van der Waals surface area contributed by atoms with E-state index in [1.165, 1.54) is 0 Å². The number of ether oxygens (including phenoxy) is 1. The Kier molecular flexibility index (Phi) is 5.80. The number of fused-ring (bicyclic) bond motifs is 3. The van der Waals surface area contributed by atoms with Crippen molar-refractivity contribution < 1.29 is 19.4 Å². The Labute approximate surface area is 175 Å². The summed E-state index contributed by atoms with van der Waals surface area (Å²) >= 11 is 0. The van der Waals surface area contributed by atoms with E-state index in [1.54, 1.807) is 0 Å². The van der Waals surface area contributed by atoms with Crippen LogP contribution in [0.5, 0.6) is 0 Å². The average Bonchev–Trinajstić information content (AvgIpc) is 3.06. The van der Waals surface area contributed by atoms with Crippen molar-refractivity contribution in [1.29, 1.82) is 0 Å². The van der Waals surface area contributed by atoms with Gasteiger partial charge in [-0.3, -0.25) is 4.79 Å². The van der Waals surface area contributed by atoms with Crippen molar-refractivity contribution in [2.45, 2.75) is 24.8 Å². The third-order valence-electron chi connectivity index (χ3n) is 5.41. The van der Waals surface area contributed by atoms with Gasteiger partial charge in [-0.15, -0.1) is 0 Å². The minimum absolute atomic E-state index is 0.0322. The molecule has 0 saturated carbocycles. The number of carbonyl (C=O) groups is 2. The molecule has 0 aliphatic heterocycles. The number of hydrogen-bond acceptors (Lipinski definition) is 3. The molecule has 4 rings (SSSR count). The number of benzene rings is 3. The lowest BCUT2D eigenvalue weighted by Gasteiger charge is -2.19. The third kappa shape index (κ3) is 4.35. The minimum atomic E-state index is -0.963. The van der Waals surface area contributed by atoms with Gasteiger partial charge in [-0.2, -0.15) is 0 Å². The first-order chi connectivity index (χ1) is 14.6. The number of alkyl carbamates (subject to hydrolysis) is 1. The summed E-state index contributed by atoms with van der Waals surface area (Å²) in [5.41, 5.74) is 5.56. The molecule has 0 bridgehead atoms. The van der Waals surface area contributed by atoms with Crippen LogP contribution in [0, 0.1) is 0 Å². The van der Waals surface area contributed by atoms with Crippen LogP contribution >= 0.6 is 0 Å². The zero-order valence-corrected chi connectivity index (χ0v) is 16.5. The molecule has 2 N–H and O–H groups in total. The van der Waals surface area contributed by atoms with E-state index in [-0.39, 0.29) is 18.9 Å². The topological polar surface area (TPSA) is 75.6 Å². The third-order valence-corrected chi connectivity index (χ3v) is 5.41. The summed E-state index contributed by atoms with van der Waals surface area (Å²) in [4.78, 5) is 23.7. The van der Waals surface area contributed by atoms with Gasteiger partial charge in [0.05, 0.1) is 6.42 Å². The monoisotopic (exact) mass is 401 g/mol. The lowest BCUT2D eigenvalue weighted by molar-refractivity contribution is -0.137. The molecule has 30 heavy (non-hydrogen) atoms. The number of carbonyl (C=O) groups excluding carboxylic acids is 1. The normalized spacial score (nSPS) is 13.2. The van der Waals surface area contributed by atoms with Gasteiger partial charge in [-0.25, -0.2) is 4.79 Å². The molecular formula is C25H23NO4. The Morgan fingerprint density at radius 1 is 0.867 bits per heavy atom. The molecule has 0 unspecified atom stereocenters. The molecule has 0 aromatic heterocycles. The van der Waals surface area contributed by atoms with Crippen molar-refractivity contribution in [2.75, 3.05) is 6.61 Å². The summed E-state index contributed by atoms with van der Waals surface area (Å²) < 4.78 is 5.55. The van der Waals surface area contributed by atoms with E-state index in [4.69, 9.17) is 4.74 Å². The quantitative estimate of drug-likeness (QED) is 0.606. The number of carboxylic acid groups (broad SMARTS) is 1. The Balaban J connectivity index is 1.43. The molecule has 0 spiro atoms. The first kappa shape index (κ1) is 19.7. The lowest BCUT2D eigenvalue weighted by Crippen LogP contribution is -2.39. The maximum Gasteiger partial charge on any atom is 0.407 e. The van der Waals surface area contributed by atoms with E-state index >= 15 is 0 Å². The zero-order valence-electron chi connectivity index (χ0n) is 16.5. The van der Waals surface area contributed by atoms with E-state index < -0.39 is 18.1 Å². The summed E-state index contributed by atoms with van der Waals surface area (Å²) in [7, 11) is 0. The van der Waals surface area contributed by atoms with Crippen molar-refractivity contribution in [3.8, 4) is 11.1 Å². The highest BCUT2D eigenvalue weighted by Crippen LogP contribution is 2.44. The van der Waals surface area contributed by atoms with E-state index in [2.05, 4.69) is 29.6 Å². The summed E-state index contributed by atoms with van der Waals surface area (Å²) in [6.45, 7) is 0.199. The predicted molar refractivity (Wildman–Crippen MR) is 114 cm³/mol. The van der Waals surface area contributed by atoms with Crippen LogP contribution in [0.4, 0.5) is 4.79 Å². The van der Waals surface area contributed by atoms with Crippen molar-refractivity contribution >= 4 is 12.1 Å². The van der Waals surface area contributed by atoms with Crippen LogP contribution in [0.2, 0.25) is 0 Å². The van der Waals surface area contributed by atoms with Crippen LogP contribution in [-0.4, -0.2) is 29.8 Å². The van der Waals surface area contributed by atoms with Crippen molar-refractivity contribution in [3.63, 3.8) is 0 Å². The summed E-state index contributed by atoms with van der Waals surface area (Å²) in [5, 5.41) is 11.9. The molecule has 3 aromatic carbocycles. The van der Waals surface area contributed by atoms with Gasteiger partial charge in [-0.1, -0.05) is 78.9 Å². The van der Waals surface area contributed by atoms with Crippen LogP contribution in [0.3, 0.4) is 0 Å². The highest BCUT2D eigenvalue weighted by molar-refractivity contribution is 5.79. The second-order valence-electron chi connectivity index (χ2n) is 7.45. The second-order valence-corrected chi connectivity index (χ2v) is 7.45. The largest absolute Gasteiger partial charge is 0.481 e. The maximum atomic E-state index is 12.5. The molecule has 1 aliphatic carbocycles. The zero-order chi connectivity index (χ0) is 20.9.